The number of amides is 2. The van der Waals surface area contributed by atoms with E-state index in [9.17, 15) is 28.3 Å². The number of carbonyl (C=O) groups is 3. The van der Waals surface area contributed by atoms with Crippen molar-refractivity contribution in [2.24, 2.45) is 0 Å². The molecule has 1 aromatic carbocycles. The van der Waals surface area contributed by atoms with Crippen molar-refractivity contribution in [1.29, 1.82) is 0 Å². The van der Waals surface area contributed by atoms with Crippen molar-refractivity contribution in [1.82, 2.24) is 20.2 Å². The molecule has 3 aromatic rings. The number of carboxylic acids is 1. The molecule has 186 valence electrons. The van der Waals surface area contributed by atoms with Gasteiger partial charge in [0.2, 0.25) is 11.8 Å². The van der Waals surface area contributed by atoms with Gasteiger partial charge in [-0.05, 0) is 40.8 Å². The summed E-state index contributed by atoms with van der Waals surface area (Å²) in [7, 11) is 0. The first-order chi connectivity index (χ1) is 17.2. The summed E-state index contributed by atoms with van der Waals surface area (Å²) in [5.41, 5.74) is 1.17. The minimum atomic E-state index is -1.65. The van der Waals surface area contributed by atoms with E-state index in [1.54, 1.807) is 17.5 Å². The first-order valence-corrected chi connectivity index (χ1v) is 12.3. The normalized spacial score (nSPS) is 15.4. The van der Waals surface area contributed by atoms with Crippen LogP contribution in [-0.4, -0.2) is 54.9 Å². The van der Waals surface area contributed by atoms with Crippen molar-refractivity contribution in [3.63, 3.8) is 0 Å². The van der Waals surface area contributed by atoms with Gasteiger partial charge in [-0.2, -0.15) is 0 Å². The fourth-order valence-corrected chi connectivity index (χ4v) is 5.31. The second-order valence-electron chi connectivity index (χ2n) is 7.27. The van der Waals surface area contributed by atoms with Crippen LogP contribution in [-0.2, 0) is 14.4 Å². The molecule has 2 amide bonds. The number of H-pyrrole nitrogens is 1. The molecule has 0 unspecified atom stereocenters. The average Bonchev–Trinajstić information content (AvgIpc) is 3.57. The van der Waals surface area contributed by atoms with Gasteiger partial charge in [0.05, 0.1) is 17.4 Å². The minimum Gasteiger partial charge on any atom is -0.477 e. The van der Waals surface area contributed by atoms with Gasteiger partial charge >= 0.3 is 5.97 Å². The Labute approximate surface area is 216 Å². The summed E-state index contributed by atoms with van der Waals surface area (Å²) >= 11 is 7.65. The Morgan fingerprint density at radius 1 is 1.28 bits per heavy atom. The number of ether oxygens (including phenoxy) is 1. The Bertz CT molecular complexity index is 1360. The number of rotatable bonds is 9. The molecule has 2 aromatic heterocycles. The third-order valence-electron chi connectivity index (χ3n) is 4.82. The molecule has 36 heavy (non-hydrogen) atoms. The molecule has 0 aliphatic carbocycles. The molecule has 0 bridgehead atoms. The number of imidazole rings is 1. The van der Waals surface area contributed by atoms with E-state index in [1.807, 2.05) is 0 Å². The second-order valence-corrected chi connectivity index (χ2v) is 9.89. The number of benzene rings is 1. The van der Waals surface area contributed by atoms with Crippen LogP contribution in [0.15, 0.2) is 47.1 Å². The molecule has 1 saturated heterocycles. The number of hydrogen-bond donors (Lipinski definition) is 3. The smallest absolute Gasteiger partial charge is 0.366 e. The molecule has 1 aliphatic rings. The Kier molecular flexibility index (Phi) is 7.76. The largest absolute Gasteiger partial charge is 0.477 e. The van der Waals surface area contributed by atoms with Crippen LogP contribution in [0, 0.1) is 11.6 Å². The van der Waals surface area contributed by atoms with Gasteiger partial charge < -0.3 is 20.1 Å². The SMILES string of the molecule is O=C(CCN1C(=O)/C(=C/c2cc(-c3ccc(F)c(F)c3)cs2)SC1=S)N[C@@H](Oc1cnc[nH]1)C(=O)O. The maximum absolute atomic E-state index is 13.5. The molecule has 0 radical (unpaired) electrons. The van der Waals surface area contributed by atoms with E-state index in [1.165, 1.54) is 34.8 Å². The highest BCUT2D eigenvalue weighted by Gasteiger charge is 2.32. The van der Waals surface area contributed by atoms with Gasteiger partial charge in [-0.15, -0.1) is 11.3 Å². The van der Waals surface area contributed by atoms with Gasteiger partial charge in [0.15, 0.2) is 11.6 Å². The molecule has 1 aliphatic heterocycles. The predicted molar refractivity (Wildman–Crippen MR) is 133 cm³/mol. The fraction of sp³-hybridized carbons (Fsp3) is 0.136. The van der Waals surface area contributed by atoms with Crippen molar-refractivity contribution < 1.29 is 33.0 Å². The van der Waals surface area contributed by atoms with Crippen molar-refractivity contribution in [3.05, 3.63) is 63.6 Å². The Morgan fingerprint density at radius 3 is 2.78 bits per heavy atom. The number of thioether (sulfide) groups is 1. The lowest BCUT2D eigenvalue weighted by Gasteiger charge is -2.17. The maximum atomic E-state index is 13.5. The molecule has 0 spiro atoms. The van der Waals surface area contributed by atoms with E-state index < -0.39 is 35.6 Å². The topological polar surface area (TPSA) is 125 Å². The van der Waals surface area contributed by atoms with Gasteiger partial charge in [0, 0.05) is 17.8 Å². The van der Waals surface area contributed by atoms with E-state index in [0.717, 1.165) is 23.9 Å². The van der Waals surface area contributed by atoms with Crippen LogP contribution >= 0.6 is 35.3 Å². The molecular weight excluding hydrogens is 534 g/mol. The zero-order valence-corrected chi connectivity index (χ0v) is 20.5. The number of carbonyl (C=O) groups excluding carboxylic acids is 2. The van der Waals surface area contributed by atoms with Gasteiger partial charge in [-0.25, -0.2) is 18.6 Å². The van der Waals surface area contributed by atoms with Gasteiger partial charge in [0.25, 0.3) is 12.1 Å². The number of nitrogens with one attached hydrogen (secondary N) is 2. The lowest BCUT2D eigenvalue weighted by atomic mass is 10.1. The van der Waals surface area contributed by atoms with Crippen molar-refractivity contribution >= 4 is 63.5 Å². The Morgan fingerprint density at radius 2 is 2.08 bits per heavy atom. The van der Waals surface area contributed by atoms with E-state index in [2.05, 4.69) is 15.3 Å². The molecular formula is C22H16F2N4O5S3. The van der Waals surface area contributed by atoms with E-state index >= 15 is 0 Å². The second kappa shape index (κ2) is 11.0. The third-order valence-corrected chi connectivity index (χ3v) is 7.07. The number of aromatic nitrogens is 2. The van der Waals surface area contributed by atoms with Gasteiger partial charge in [-0.1, -0.05) is 30.0 Å². The molecule has 9 nitrogen and oxygen atoms in total. The zero-order valence-electron chi connectivity index (χ0n) is 18.1. The van der Waals surface area contributed by atoms with Crippen molar-refractivity contribution in [3.8, 4) is 17.0 Å². The van der Waals surface area contributed by atoms with Crippen LogP contribution in [0.5, 0.6) is 5.88 Å². The summed E-state index contributed by atoms with van der Waals surface area (Å²) in [6.07, 6.45) is 2.31. The number of carboxylic acid groups (broad SMARTS) is 1. The Balaban J connectivity index is 1.36. The third kappa shape index (κ3) is 5.95. The van der Waals surface area contributed by atoms with Crippen LogP contribution in [0.3, 0.4) is 0 Å². The highest BCUT2D eigenvalue weighted by atomic mass is 32.2. The van der Waals surface area contributed by atoms with Crippen molar-refractivity contribution in [2.75, 3.05) is 6.54 Å². The summed E-state index contributed by atoms with van der Waals surface area (Å²) in [6.45, 7) is -0.0607. The molecule has 1 atom stereocenters. The quantitative estimate of drug-likeness (QED) is 0.210. The number of aromatic amines is 1. The summed E-state index contributed by atoms with van der Waals surface area (Å²) in [6, 6.07) is 5.35. The number of nitrogens with zero attached hydrogens (tertiary/aromatic N) is 2. The Hall–Kier alpha value is -3.62. The molecule has 3 N–H and O–H groups in total. The van der Waals surface area contributed by atoms with Crippen molar-refractivity contribution in [2.45, 2.75) is 12.6 Å². The summed E-state index contributed by atoms with van der Waals surface area (Å²) in [5, 5.41) is 13.2. The summed E-state index contributed by atoms with van der Waals surface area (Å²) in [5.74, 6) is -4.29. The standard InChI is InChI=1S/C22H16F2N4O5S3/c23-14-2-1-11(6-15(14)24)12-5-13(35-9-12)7-16-20(30)28(22(34)36-16)4-3-17(29)27-19(21(31)32)33-18-8-25-10-26-18/h1-2,5-10,19H,3-4H2,(H,25,26)(H,27,29)(H,31,32)/b16-7-/t19-/m0/s1. The molecule has 4 rings (SSSR count). The van der Waals surface area contributed by atoms with Crippen LogP contribution < -0.4 is 10.1 Å². The maximum Gasteiger partial charge on any atom is 0.366 e. The van der Waals surface area contributed by atoms with Crippen LogP contribution in [0.2, 0.25) is 0 Å². The van der Waals surface area contributed by atoms with E-state index in [4.69, 9.17) is 17.0 Å². The van der Waals surface area contributed by atoms with Crippen LogP contribution in [0.4, 0.5) is 8.78 Å². The van der Waals surface area contributed by atoms with E-state index in [0.29, 0.717) is 20.9 Å². The number of hydrogen-bond acceptors (Lipinski definition) is 8. The summed E-state index contributed by atoms with van der Waals surface area (Å²) in [4.78, 5) is 45.0. The lowest BCUT2D eigenvalue weighted by Crippen LogP contribution is -2.46. The number of thiophene rings is 1. The van der Waals surface area contributed by atoms with E-state index in [-0.39, 0.29) is 23.2 Å². The molecule has 14 heteroatoms. The first kappa shape index (κ1) is 25.5. The highest BCUT2D eigenvalue weighted by molar-refractivity contribution is 8.26. The summed E-state index contributed by atoms with van der Waals surface area (Å²) < 4.78 is 32.1. The van der Waals surface area contributed by atoms with Crippen LogP contribution in [0.1, 0.15) is 11.3 Å². The number of thiocarbonyl (C=S) groups is 1. The number of aliphatic carboxylic acids is 1. The molecule has 0 saturated carbocycles. The average molecular weight is 551 g/mol. The monoisotopic (exact) mass is 550 g/mol. The fourth-order valence-electron chi connectivity index (χ4n) is 3.09. The van der Waals surface area contributed by atoms with Crippen LogP contribution in [0.25, 0.3) is 17.2 Å². The van der Waals surface area contributed by atoms with Gasteiger partial charge in [-0.3, -0.25) is 14.5 Å². The molecule has 1 fully saturated rings. The number of halogens is 2. The zero-order chi connectivity index (χ0) is 25.8. The minimum absolute atomic E-state index is 0.0607. The predicted octanol–water partition coefficient (Wildman–Crippen LogP) is 3.61. The van der Waals surface area contributed by atoms with Gasteiger partial charge in [0.1, 0.15) is 4.32 Å². The lowest BCUT2D eigenvalue weighted by molar-refractivity contribution is -0.149. The highest BCUT2D eigenvalue weighted by Crippen LogP contribution is 2.35. The molecule has 3 heterocycles. The first-order valence-electron chi connectivity index (χ1n) is 10.2.